The number of rotatable bonds is 6. The van der Waals surface area contributed by atoms with Gasteiger partial charge in [-0.2, -0.15) is 14.4 Å². The maximum atomic E-state index is 13.9. The Kier molecular flexibility index (Phi) is 5.08. The standard InChI is InChI=1S/C16H25FN4O3Si/c1-5-11-10(22)8-12(24-11)21-9-18-13-14(21)19-16(17)20-15(13)23-6-7-25(2,3)4/h9-12,22H,5-8H2,1-4H3/t10-,11-,12-/m1/s1. The second-order valence-corrected chi connectivity index (χ2v) is 13.2. The number of aliphatic hydroxyl groups excluding tert-OH is 1. The van der Waals surface area contributed by atoms with Gasteiger partial charge in [0.2, 0.25) is 5.88 Å². The number of nitrogens with zero attached hydrogens (tertiary/aromatic N) is 4. The van der Waals surface area contributed by atoms with Gasteiger partial charge in [0.15, 0.2) is 11.2 Å². The fourth-order valence-electron chi connectivity index (χ4n) is 2.88. The molecule has 9 heteroatoms. The van der Waals surface area contributed by atoms with Gasteiger partial charge in [-0.15, -0.1) is 0 Å². The van der Waals surface area contributed by atoms with Crippen molar-refractivity contribution in [3.8, 4) is 5.88 Å². The number of hydrogen-bond acceptors (Lipinski definition) is 6. The quantitative estimate of drug-likeness (QED) is 0.624. The normalized spacial score (nSPS) is 24.2. The van der Waals surface area contributed by atoms with Crippen molar-refractivity contribution in [2.75, 3.05) is 6.61 Å². The molecule has 0 radical (unpaired) electrons. The van der Waals surface area contributed by atoms with Crippen LogP contribution in [0.25, 0.3) is 11.2 Å². The summed E-state index contributed by atoms with van der Waals surface area (Å²) in [7, 11) is -1.26. The molecule has 2 aromatic rings. The molecule has 3 heterocycles. The van der Waals surface area contributed by atoms with Gasteiger partial charge in [0.1, 0.15) is 6.23 Å². The SMILES string of the molecule is CC[C@H]1O[C@@H](n2cnc3c(OCC[Si](C)(C)C)nc(F)nc32)C[C@H]1O. The molecule has 7 nitrogen and oxygen atoms in total. The molecule has 0 amide bonds. The van der Waals surface area contributed by atoms with Gasteiger partial charge in [-0.3, -0.25) is 4.57 Å². The lowest BCUT2D eigenvalue weighted by atomic mass is 10.1. The first-order chi connectivity index (χ1) is 11.8. The molecule has 0 aliphatic carbocycles. The Morgan fingerprint density at radius 1 is 1.40 bits per heavy atom. The molecule has 0 bridgehead atoms. The van der Waals surface area contributed by atoms with Crippen LogP contribution in [-0.2, 0) is 4.74 Å². The first-order valence-corrected chi connectivity index (χ1v) is 12.4. The predicted molar refractivity (Wildman–Crippen MR) is 93.8 cm³/mol. The summed E-state index contributed by atoms with van der Waals surface area (Å²) in [6.07, 6.45) is 0.602. The van der Waals surface area contributed by atoms with E-state index in [-0.39, 0.29) is 12.0 Å². The van der Waals surface area contributed by atoms with Crippen LogP contribution in [0.3, 0.4) is 0 Å². The van der Waals surface area contributed by atoms with Crippen molar-refractivity contribution >= 4 is 19.2 Å². The van der Waals surface area contributed by atoms with Crippen LogP contribution < -0.4 is 4.74 Å². The van der Waals surface area contributed by atoms with Crippen molar-refractivity contribution in [1.82, 2.24) is 19.5 Å². The van der Waals surface area contributed by atoms with Crippen molar-refractivity contribution in [1.29, 1.82) is 0 Å². The Morgan fingerprint density at radius 2 is 2.16 bits per heavy atom. The predicted octanol–water partition coefficient (Wildman–Crippen LogP) is 2.74. The largest absolute Gasteiger partial charge is 0.476 e. The van der Waals surface area contributed by atoms with E-state index in [1.807, 2.05) is 6.92 Å². The zero-order chi connectivity index (χ0) is 18.2. The molecular formula is C16H25FN4O3Si. The van der Waals surface area contributed by atoms with Gasteiger partial charge in [-0.1, -0.05) is 26.6 Å². The molecule has 3 atom stereocenters. The summed E-state index contributed by atoms with van der Waals surface area (Å²) in [4.78, 5) is 11.9. The molecule has 1 aliphatic rings. The molecule has 1 aliphatic heterocycles. The average molecular weight is 368 g/mol. The minimum Gasteiger partial charge on any atom is -0.476 e. The number of halogens is 1. The van der Waals surface area contributed by atoms with Gasteiger partial charge in [0, 0.05) is 14.5 Å². The fraction of sp³-hybridized carbons (Fsp3) is 0.688. The Bertz CT molecular complexity index is 749. The first kappa shape index (κ1) is 18.2. The van der Waals surface area contributed by atoms with Crippen molar-refractivity contribution in [3.63, 3.8) is 0 Å². The number of fused-ring (bicyclic) bond motifs is 1. The molecule has 0 aromatic carbocycles. The Labute approximate surface area is 147 Å². The highest BCUT2D eigenvalue weighted by Crippen LogP contribution is 2.33. The topological polar surface area (TPSA) is 82.3 Å². The van der Waals surface area contributed by atoms with Crippen LogP contribution in [0.15, 0.2) is 6.33 Å². The molecule has 3 rings (SSSR count). The smallest absolute Gasteiger partial charge is 0.314 e. The molecule has 0 spiro atoms. The number of ether oxygens (including phenoxy) is 2. The van der Waals surface area contributed by atoms with Gasteiger partial charge in [0.25, 0.3) is 0 Å². The Balaban J connectivity index is 1.86. The maximum Gasteiger partial charge on any atom is 0.314 e. The third kappa shape index (κ3) is 3.99. The van der Waals surface area contributed by atoms with Gasteiger partial charge in [-0.05, 0) is 12.5 Å². The lowest BCUT2D eigenvalue weighted by Gasteiger charge is -2.16. The van der Waals surface area contributed by atoms with Crippen molar-refractivity contribution < 1.29 is 19.0 Å². The van der Waals surface area contributed by atoms with Gasteiger partial charge >= 0.3 is 6.08 Å². The Hall–Kier alpha value is -1.58. The van der Waals surface area contributed by atoms with Gasteiger partial charge < -0.3 is 14.6 Å². The molecule has 138 valence electrons. The summed E-state index contributed by atoms with van der Waals surface area (Å²) in [5.74, 6) is 0.157. The third-order valence-electron chi connectivity index (χ3n) is 4.37. The molecule has 1 saturated heterocycles. The summed E-state index contributed by atoms with van der Waals surface area (Å²) < 4.78 is 27.1. The van der Waals surface area contributed by atoms with E-state index in [4.69, 9.17) is 9.47 Å². The molecule has 0 saturated carbocycles. The zero-order valence-corrected chi connectivity index (χ0v) is 16.1. The highest BCUT2D eigenvalue weighted by molar-refractivity contribution is 6.76. The van der Waals surface area contributed by atoms with Gasteiger partial charge in [-0.25, -0.2) is 4.98 Å². The van der Waals surface area contributed by atoms with E-state index < -0.39 is 26.5 Å². The van der Waals surface area contributed by atoms with Crippen LogP contribution in [0.2, 0.25) is 25.7 Å². The minimum absolute atomic E-state index is 0.157. The zero-order valence-electron chi connectivity index (χ0n) is 15.1. The van der Waals surface area contributed by atoms with E-state index in [0.717, 1.165) is 6.04 Å². The second-order valence-electron chi connectivity index (χ2n) is 7.62. The number of aromatic nitrogens is 4. The van der Waals surface area contributed by atoms with Crippen LogP contribution >= 0.6 is 0 Å². The Morgan fingerprint density at radius 3 is 2.80 bits per heavy atom. The van der Waals surface area contributed by atoms with Crippen molar-refractivity contribution in [3.05, 3.63) is 12.4 Å². The van der Waals surface area contributed by atoms with Gasteiger partial charge in [0.05, 0.1) is 25.1 Å². The number of hydrogen-bond donors (Lipinski definition) is 1. The monoisotopic (exact) mass is 368 g/mol. The first-order valence-electron chi connectivity index (χ1n) is 8.65. The summed E-state index contributed by atoms with van der Waals surface area (Å²) in [6, 6.07) is 0.941. The van der Waals surface area contributed by atoms with Crippen LogP contribution in [0.4, 0.5) is 4.39 Å². The number of imidazole rings is 1. The molecule has 1 fully saturated rings. The summed E-state index contributed by atoms with van der Waals surface area (Å²) >= 11 is 0. The second kappa shape index (κ2) is 6.97. The minimum atomic E-state index is -1.26. The lowest BCUT2D eigenvalue weighted by Crippen LogP contribution is -2.22. The lowest BCUT2D eigenvalue weighted by molar-refractivity contribution is -0.0183. The average Bonchev–Trinajstić information content (AvgIpc) is 3.08. The summed E-state index contributed by atoms with van der Waals surface area (Å²) in [6.45, 7) is 9.16. The van der Waals surface area contributed by atoms with E-state index >= 15 is 0 Å². The van der Waals surface area contributed by atoms with Crippen LogP contribution in [-0.4, -0.2) is 51.5 Å². The van der Waals surface area contributed by atoms with E-state index in [0.29, 0.717) is 30.6 Å². The van der Waals surface area contributed by atoms with E-state index in [9.17, 15) is 9.50 Å². The summed E-state index contributed by atoms with van der Waals surface area (Å²) in [5.41, 5.74) is 0.736. The van der Waals surface area contributed by atoms with E-state index in [1.54, 1.807) is 10.9 Å². The van der Waals surface area contributed by atoms with Crippen LogP contribution in [0.5, 0.6) is 5.88 Å². The highest BCUT2D eigenvalue weighted by Gasteiger charge is 2.35. The molecular weight excluding hydrogens is 343 g/mol. The molecule has 2 aromatic heterocycles. The third-order valence-corrected chi connectivity index (χ3v) is 6.07. The molecule has 1 N–H and O–H groups in total. The van der Waals surface area contributed by atoms with Crippen LogP contribution in [0, 0.1) is 6.08 Å². The van der Waals surface area contributed by atoms with Crippen molar-refractivity contribution in [2.24, 2.45) is 0 Å². The van der Waals surface area contributed by atoms with Crippen molar-refractivity contribution in [2.45, 2.75) is 63.9 Å². The highest BCUT2D eigenvalue weighted by atomic mass is 28.3. The summed E-state index contributed by atoms with van der Waals surface area (Å²) in [5, 5.41) is 10.0. The van der Waals surface area contributed by atoms with Crippen LogP contribution in [0.1, 0.15) is 26.0 Å². The molecule has 0 unspecified atom stereocenters. The fourth-order valence-corrected chi connectivity index (χ4v) is 3.60. The van der Waals surface area contributed by atoms with E-state index in [1.165, 1.54) is 0 Å². The number of aliphatic hydroxyl groups is 1. The molecule has 25 heavy (non-hydrogen) atoms. The van der Waals surface area contributed by atoms with E-state index in [2.05, 4.69) is 34.6 Å². The maximum absolute atomic E-state index is 13.9.